The molecule has 0 aliphatic carbocycles. The molecule has 2 aromatic carbocycles. The number of halogens is 2. The van der Waals surface area contributed by atoms with Crippen LogP contribution in [0.5, 0.6) is 0 Å². The molecule has 1 amide bonds. The monoisotopic (exact) mass is 404 g/mol. The van der Waals surface area contributed by atoms with Gasteiger partial charge in [-0.3, -0.25) is 4.79 Å². The van der Waals surface area contributed by atoms with Crippen molar-refractivity contribution in [2.45, 2.75) is 18.8 Å². The molecule has 4 nitrogen and oxygen atoms in total. The molecule has 27 heavy (non-hydrogen) atoms. The molecule has 0 saturated carbocycles. The number of likely N-dealkylation sites (tertiary alicyclic amines) is 1. The minimum atomic E-state index is -0.517. The lowest BCUT2D eigenvalue weighted by Gasteiger charge is -2.28. The highest BCUT2D eigenvalue weighted by molar-refractivity contribution is 7.18. The summed E-state index contributed by atoms with van der Waals surface area (Å²) >= 11 is 7.49. The second kappa shape index (κ2) is 7.92. The zero-order valence-electron chi connectivity index (χ0n) is 14.7. The van der Waals surface area contributed by atoms with Gasteiger partial charge in [-0.05, 0) is 43.2 Å². The van der Waals surface area contributed by atoms with Gasteiger partial charge in [0.05, 0.1) is 34.9 Å². The van der Waals surface area contributed by atoms with Gasteiger partial charge in [0.1, 0.15) is 10.8 Å². The molecular formula is C20H20ClFN3OS+. The van der Waals surface area contributed by atoms with Crippen LogP contribution in [-0.2, 0) is 4.79 Å². The van der Waals surface area contributed by atoms with Gasteiger partial charge in [0.2, 0.25) is 0 Å². The number of hydrogen-bond acceptors (Lipinski definition) is 3. The Morgan fingerprint density at radius 2 is 2.19 bits per heavy atom. The molecule has 1 aromatic heterocycles. The van der Waals surface area contributed by atoms with Gasteiger partial charge in [0.25, 0.3) is 5.91 Å². The number of amides is 1. The van der Waals surface area contributed by atoms with Crippen molar-refractivity contribution in [1.29, 1.82) is 0 Å². The number of nitrogens with zero attached hydrogens (tertiary/aromatic N) is 1. The van der Waals surface area contributed by atoms with E-state index < -0.39 is 5.82 Å². The van der Waals surface area contributed by atoms with Gasteiger partial charge < -0.3 is 10.2 Å². The Kier molecular flexibility index (Phi) is 5.38. The number of fused-ring (bicyclic) bond motifs is 1. The Morgan fingerprint density at radius 3 is 3.00 bits per heavy atom. The van der Waals surface area contributed by atoms with E-state index in [2.05, 4.69) is 11.4 Å². The van der Waals surface area contributed by atoms with Crippen LogP contribution in [-0.4, -0.2) is 30.5 Å². The molecule has 1 saturated heterocycles. The van der Waals surface area contributed by atoms with Crippen LogP contribution in [0.1, 0.15) is 23.8 Å². The molecule has 2 atom stereocenters. The Labute approximate surface area is 166 Å². The number of carbonyl (C=O) groups excluding carboxylic acids is 1. The predicted molar refractivity (Wildman–Crippen MR) is 107 cm³/mol. The molecule has 4 rings (SSSR count). The van der Waals surface area contributed by atoms with Crippen LogP contribution in [0, 0.1) is 5.82 Å². The fourth-order valence-corrected chi connectivity index (χ4v) is 4.86. The maximum atomic E-state index is 13.9. The largest absolute Gasteiger partial charge is 0.327 e. The third kappa shape index (κ3) is 4.29. The molecule has 7 heteroatoms. The lowest BCUT2D eigenvalue weighted by molar-refractivity contribution is -0.898. The van der Waals surface area contributed by atoms with Crippen molar-refractivity contribution in [1.82, 2.24) is 4.98 Å². The third-order valence-electron chi connectivity index (χ3n) is 4.89. The van der Waals surface area contributed by atoms with Crippen molar-refractivity contribution in [3.63, 3.8) is 0 Å². The van der Waals surface area contributed by atoms with Crippen molar-refractivity contribution < 1.29 is 14.1 Å². The van der Waals surface area contributed by atoms with E-state index >= 15 is 0 Å². The number of thiazole rings is 1. The zero-order chi connectivity index (χ0) is 18.8. The molecular weight excluding hydrogens is 385 g/mol. The number of hydrogen-bond donors (Lipinski definition) is 2. The van der Waals surface area contributed by atoms with Crippen molar-refractivity contribution >= 4 is 44.7 Å². The Balaban J connectivity index is 1.40. The summed E-state index contributed by atoms with van der Waals surface area (Å²) in [7, 11) is 0. The normalized spacial score (nSPS) is 19.9. The Hall–Kier alpha value is -2.02. The van der Waals surface area contributed by atoms with Crippen molar-refractivity contribution in [3.05, 3.63) is 58.3 Å². The molecule has 2 N–H and O–H groups in total. The lowest BCUT2D eigenvalue weighted by atomic mass is 9.99. The van der Waals surface area contributed by atoms with E-state index in [9.17, 15) is 9.18 Å². The standard InChI is InChI=1S/C20H19ClFN3OS/c21-14-7-8-16(15(22)10-14)23-19(26)12-25-9-3-4-13(11-25)20-24-17-5-1-2-6-18(17)27-20/h1-2,5-8,10,13H,3-4,9,11-12H2,(H,23,26)/p+1/t13-/m0/s1. The first-order chi connectivity index (χ1) is 13.1. The van der Waals surface area contributed by atoms with Gasteiger partial charge in [-0.1, -0.05) is 23.7 Å². The molecule has 140 valence electrons. The topological polar surface area (TPSA) is 46.4 Å². The van der Waals surface area contributed by atoms with Crippen LogP contribution >= 0.6 is 22.9 Å². The van der Waals surface area contributed by atoms with Crippen LogP contribution in [0.2, 0.25) is 5.02 Å². The second-order valence-electron chi connectivity index (χ2n) is 6.91. The van der Waals surface area contributed by atoms with E-state index in [0.717, 1.165) is 36.5 Å². The van der Waals surface area contributed by atoms with Crippen LogP contribution < -0.4 is 10.2 Å². The second-order valence-corrected chi connectivity index (χ2v) is 8.41. The molecule has 2 heterocycles. The summed E-state index contributed by atoms with van der Waals surface area (Å²) in [5.41, 5.74) is 1.21. The maximum absolute atomic E-state index is 13.9. The van der Waals surface area contributed by atoms with Crippen molar-refractivity contribution in [3.8, 4) is 0 Å². The fourth-order valence-electron chi connectivity index (χ4n) is 3.60. The first-order valence-corrected chi connectivity index (χ1v) is 10.2. The SMILES string of the molecule is O=C(C[NH+]1CCC[C@H](c2nc3ccccc3s2)C1)Nc1ccc(Cl)cc1F. The van der Waals surface area contributed by atoms with Crippen LogP contribution in [0.25, 0.3) is 10.2 Å². The number of anilines is 1. The number of para-hydroxylation sites is 1. The minimum Gasteiger partial charge on any atom is -0.327 e. The summed E-state index contributed by atoms with van der Waals surface area (Å²) in [4.78, 5) is 18.3. The number of nitrogens with one attached hydrogen (secondary N) is 2. The first-order valence-electron chi connectivity index (χ1n) is 9.02. The predicted octanol–water partition coefficient (Wildman–Crippen LogP) is 3.49. The molecule has 0 radical (unpaired) electrons. The molecule has 0 spiro atoms. The number of quaternary nitrogens is 1. The molecule has 0 bridgehead atoms. The van der Waals surface area contributed by atoms with Gasteiger partial charge >= 0.3 is 0 Å². The average molecular weight is 405 g/mol. The zero-order valence-corrected chi connectivity index (χ0v) is 16.2. The number of benzene rings is 2. The van der Waals surface area contributed by atoms with E-state index in [4.69, 9.17) is 16.6 Å². The highest BCUT2D eigenvalue weighted by Crippen LogP contribution is 2.30. The van der Waals surface area contributed by atoms with Gasteiger partial charge in [-0.15, -0.1) is 11.3 Å². The van der Waals surface area contributed by atoms with E-state index in [1.807, 2.05) is 18.2 Å². The maximum Gasteiger partial charge on any atom is 0.279 e. The summed E-state index contributed by atoms with van der Waals surface area (Å²) in [5.74, 6) is -0.334. The number of carbonyl (C=O) groups is 1. The summed E-state index contributed by atoms with van der Waals surface area (Å²) < 4.78 is 15.1. The van der Waals surface area contributed by atoms with Crippen LogP contribution in [0.3, 0.4) is 0 Å². The highest BCUT2D eigenvalue weighted by Gasteiger charge is 2.28. The summed E-state index contributed by atoms with van der Waals surface area (Å²) in [6, 6.07) is 12.4. The van der Waals surface area contributed by atoms with Crippen LogP contribution in [0.4, 0.5) is 10.1 Å². The van der Waals surface area contributed by atoms with Crippen LogP contribution in [0.15, 0.2) is 42.5 Å². The van der Waals surface area contributed by atoms with Gasteiger partial charge in [-0.2, -0.15) is 0 Å². The molecule has 1 aliphatic rings. The van der Waals surface area contributed by atoms with E-state index in [0.29, 0.717) is 17.5 Å². The Morgan fingerprint density at radius 1 is 1.33 bits per heavy atom. The van der Waals surface area contributed by atoms with E-state index in [1.54, 1.807) is 17.4 Å². The van der Waals surface area contributed by atoms with Gasteiger partial charge in [0.15, 0.2) is 6.54 Å². The Bertz CT molecular complexity index is 944. The molecule has 1 fully saturated rings. The number of aromatic nitrogens is 1. The summed E-state index contributed by atoms with van der Waals surface area (Å²) in [6.07, 6.45) is 2.15. The van der Waals surface area contributed by atoms with Crippen molar-refractivity contribution in [2.75, 3.05) is 25.0 Å². The fraction of sp³-hybridized carbons (Fsp3) is 0.300. The number of rotatable bonds is 4. The van der Waals surface area contributed by atoms with Crippen molar-refractivity contribution in [2.24, 2.45) is 0 Å². The van der Waals surface area contributed by atoms with Gasteiger partial charge in [-0.25, -0.2) is 9.37 Å². The molecule has 1 aliphatic heterocycles. The van der Waals surface area contributed by atoms with E-state index in [1.165, 1.54) is 21.7 Å². The summed E-state index contributed by atoms with van der Waals surface area (Å²) in [6.45, 7) is 2.14. The quantitative estimate of drug-likeness (QED) is 0.699. The van der Waals surface area contributed by atoms with E-state index in [-0.39, 0.29) is 11.6 Å². The smallest absolute Gasteiger partial charge is 0.279 e. The first kappa shape index (κ1) is 18.3. The minimum absolute atomic E-state index is 0.170. The lowest BCUT2D eigenvalue weighted by Crippen LogP contribution is -3.14. The number of piperidine rings is 1. The summed E-state index contributed by atoms with van der Waals surface area (Å²) in [5, 5.41) is 4.12. The van der Waals surface area contributed by atoms with Gasteiger partial charge in [0, 0.05) is 5.02 Å². The average Bonchev–Trinajstić information content (AvgIpc) is 3.08. The molecule has 1 unspecified atom stereocenters. The highest BCUT2D eigenvalue weighted by atomic mass is 35.5. The third-order valence-corrected chi connectivity index (χ3v) is 6.33. The molecule has 3 aromatic rings.